The van der Waals surface area contributed by atoms with Gasteiger partial charge in [-0.15, -0.1) is 10.2 Å². The average molecular weight is 473 g/mol. The van der Waals surface area contributed by atoms with Gasteiger partial charge in [-0.3, -0.25) is 4.79 Å². The van der Waals surface area contributed by atoms with Crippen molar-refractivity contribution >= 4 is 17.4 Å². The Morgan fingerprint density at radius 2 is 2.00 bits per heavy atom. The van der Waals surface area contributed by atoms with Crippen LogP contribution in [0.15, 0.2) is 36.5 Å². The van der Waals surface area contributed by atoms with Crippen LogP contribution in [0.25, 0.3) is 17.0 Å². The van der Waals surface area contributed by atoms with Gasteiger partial charge < -0.3 is 15.5 Å². The van der Waals surface area contributed by atoms with E-state index in [0.29, 0.717) is 17.9 Å². The summed E-state index contributed by atoms with van der Waals surface area (Å²) in [6, 6.07) is 9.47. The van der Waals surface area contributed by atoms with Crippen LogP contribution in [-0.4, -0.2) is 71.7 Å². The zero-order chi connectivity index (χ0) is 23.9. The second-order valence-electron chi connectivity index (χ2n) is 9.44. The minimum absolute atomic E-state index is 0.00213. The van der Waals surface area contributed by atoms with Crippen molar-refractivity contribution in [1.29, 1.82) is 0 Å². The molecular weight excluding hydrogens is 444 g/mol. The maximum absolute atomic E-state index is 13.5. The van der Waals surface area contributed by atoms with Crippen molar-refractivity contribution < 1.29 is 4.79 Å². The number of hydrogen-bond acceptors (Lipinski definition) is 8. The highest BCUT2D eigenvalue weighted by Gasteiger charge is 2.31. The van der Waals surface area contributed by atoms with Crippen LogP contribution in [0.1, 0.15) is 53.3 Å². The number of anilines is 1. The molecule has 2 atom stereocenters. The maximum atomic E-state index is 13.5. The van der Waals surface area contributed by atoms with Gasteiger partial charge in [-0.25, -0.2) is 9.50 Å². The number of hydrogen-bond donors (Lipinski definition) is 2. The lowest BCUT2D eigenvalue weighted by Gasteiger charge is -2.34. The Balaban J connectivity index is 1.28. The normalized spacial score (nSPS) is 20.6. The monoisotopic (exact) mass is 472 g/mol. The Bertz CT molecular complexity index is 1350. The third-order valence-corrected chi connectivity index (χ3v) is 6.99. The van der Waals surface area contributed by atoms with E-state index in [1.54, 1.807) is 0 Å². The number of fused-ring (bicyclic) bond motifs is 1. The van der Waals surface area contributed by atoms with Gasteiger partial charge in [0.15, 0.2) is 5.65 Å². The second-order valence-corrected chi connectivity index (χ2v) is 9.44. The van der Waals surface area contributed by atoms with Gasteiger partial charge in [-0.2, -0.15) is 10.3 Å². The first kappa shape index (κ1) is 21.7. The number of H-pyrrole nitrogens is 1. The molecule has 0 radical (unpaired) electrons. The van der Waals surface area contributed by atoms with E-state index in [9.17, 15) is 4.79 Å². The molecule has 3 aromatic heterocycles. The molecule has 2 unspecified atom stereocenters. The van der Waals surface area contributed by atoms with Gasteiger partial charge >= 0.3 is 0 Å². The molecule has 11 nitrogen and oxygen atoms in total. The molecule has 3 N–H and O–H groups in total. The van der Waals surface area contributed by atoms with Crippen molar-refractivity contribution in [2.45, 2.75) is 44.7 Å². The van der Waals surface area contributed by atoms with Crippen LogP contribution < -0.4 is 10.6 Å². The quantitative estimate of drug-likeness (QED) is 0.461. The van der Waals surface area contributed by atoms with Crippen molar-refractivity contribution in [2.24, 2.45) is 5.73 Å². The molecule has 5 heterocycles. The Morgan fingerprint density at radius 1 is 1.14 bits per heavy atom. The number of likely N-dealkylation sites (tertiary alicyclic amines) is 1. The number of tetrazole rings is 1. The first-order valence-electron chi connectivity index (χ1n) is 12.1. The van der Waals surface area contributed by atoms with Gasteiger partial charge in [-0.05, 0) is 50.0 Å². The highest BCUT2D eigenvalue weighted by Crippen LogP contribution is 2.33. The number of carbonyl (C=O) groups is 1. The molecule has 0 spiro atoms. The van der Waals surface area contributed by atoms with E-state index in [0.717, 1.165) is 67.1 Å². The second kappa shape index (κ2) is 8.73. The molecule has 1 aromatic carbocycles. The maximum Gasteiger partial charge on any atom is 0.254 e. The molecule has 0 bridgehead atoms. The fourth-order valence-electron chi connectivity index (χ4n) is 5.18. The summed E-state index contributed by atoms with van der Waals surface area (Å²) >= 11 is 0. The summed E-state index contributed by atoms with van der Waals surface area (Å²) in [6.45, 7) is 4.50. The minimum atomic E-state index is -0.0844. The lowest BCUT2D eigenvalue weighted by Crippen LogP contribution is -2.38. The standard InChI is InChI=1S/C24H28N10O/c1-15-13-34-21(26-23(15)32-11-9-18(25)14-32)12-19(29-34)20-4-2-3-10-33(20)24(35)17-7-5-16(6-8-17)22-27-30-31-28-22/h5-8,12-13,18,20H,2-4,9-11,14,25H2,1H3,(H,27,28,30,31). The Labute approximate surface area is 202 Å². The molecule has 6 rings (SSSR count). The van der Waals surface area contributed by atoms with Crippen LogP contribution in [-0.2, 0) is 0 Å². The lowest BCUT2D eigenvalue weighted by molar-refractivity contribution is 0.0605. The van der Waals surface area contributed by atoms with Gasteiger partial charge in [0.05, 0.1) is 11.7 Å². The topological polar surface area (TPSA) is 134 Å². The van der Waals surface area contributed by atoms with Crippen molar-refractivity contribution in [3.05, 3.63) is 53.3 Å². The van der Waals surface area contributed by atoms with E-state index in [2.05, 4.69) is 32.4 Å². The highest BCUT2D eigenvalue weighted by atomic mass is 16.2. The van der Waals surface area contributed by atoms with E-state index in [1.165, 1.54) is 0 Å². The molecule has 2 aliphatic rings. The zero-order valence-corrected chi connectivity index (χ0v) is 19.6. The van der Waals surface area contributed by atoms with Crippen LogP contribution in [0.3, 0.4) is 0 Å². The fraction of sp³-hybridized carbons (Fsp3) is 0.417. The van der Waals surface area contributed by atoms with Crippen molar-refractivity contribution in [3.8, 4) is 11.4 Å². The molecule has 35 heavy (non-hydrogen) atoms. The summed E-state index contributed by atoms with van der Waals surface area (Å²) in [6.07, 6.45) is 5.92. The molecule has 1 amide bonds. The van der Waals surface area contributed by atoms with Crippen molar-refractivity contribution in [2.75, 3.05) is 24.5 Å². The third-order valence-electron chi connectivity index (χ3n) is 6.99. The SMILES string of the molecule is Cc1cn2nc(C3CCCCN3C(=O)c3ccc(-c4nn[nH]n4)cc3)cc2nc1N1CCC(N)C1. The molecule has 180 valence electrons. The summed E-state index contributed by atoms with van der Waals surface area (Å²) in [5.41, 5.74) is 10.3. The van der Waals surface area contributed by atoms with Crippen LogP contribution in [0.4, 0.5) is 5.82 Å². The molecule has 0 saturated carbocycles. The van der Waals surface area contributed by atoms with E-state index >= 15 is 0 Å². The minimum Gasteiger partial charge on any atom is -0.355 e. The van der Waals surface area contributed by atoms with Crippen LogP contribution >= 0.6 is 0 Å². The molecule has 2 aliphatic heterocycles. The molecule has 11 heteroatoms. The zero-order valence-electron chi connectivity index (χ0n) is 19.6. The molecule has 2 fully saturated rings. The van der Waals surface area contributed by atoms with E-state index < -0.39 is 0 Å². The Kier molecular flexibility index (Phi) is 5.40. The number of piperidine rings is 1. The Hall–Kier alpha value is -3.86. The van der Waals surface area contributed by atoms with Gasteiger partial charge in [0, 0.05) is 54.6 Å². The molecule has 4 aromatic rings. The predicted octanol–water partition coefficient (Wildman–Crippen LogP) is 2.12. The number of carbonyl (C=O) groups excluding carboxylic acids is 1. The van der Waals surface area contributed by atoms with E-state index in [4.69, 9.17) is 15.8 Å². The van der Waals surface area contributed by atoms with Crippen molar-refractivity contribution in [1.82, 2.24) is 40.1 Å². The van der Waals surface area contributed by atoms with Crippen molar-refractivity contribution in [3.63, 3.8) is 0 Å². The smallest absolute Gasteiger partial charge is 0.254 e. The van der Waals surface area contributed by atoms with Crippen LogP contribution in [0, 0.1) is 6.92 Å². The Morgan fingerprint density at radius 3 is 2.74 bits per heavy atom. The summed E-state index contributed by atoms with van der Waals surface area (Å²) in [4.78, 5) is 22.6. The number of aromatic amines is 1. The number of nitrogens with two attached hydrogens (primary N) is 1. The molecule has 0 aliphatic carbocycles. The van der Waals surface area contributed by atoms with Gasteiger partial charge in [0.1, 0.15) is 5.82 Å². The first-order chi connectivity index (χ1) is 17.1. The van der Waals surface area contributed by atoms with Gasteiger partial charge in [-0.1, -0.05) is 12.1 Å². The van der Waals surface area contributed by atoms with Crippen LogP contribution in [0.2, 0.25) is 0 Å². The largest absolute Gasteiger partial charge is 0.355 e. The summed E-state index contributed by atoms with van der Waals surface area (Å²) in [5.74, 6) is 1.47. The average Bonchev–Trinajstić information content (AvgIpc) is 3.64. The first-order valence-corrected chi connectivity index (χ1v) is 12.1. The summed E-state index contributed by atoms with van der Waals surface area (Å²) in [5, 5.41) is 18.9. The molecule has 2 saturated heterocycles. The summed E-state index contributed by atoms with van der Waals surface area (Å²) < 4.78 is 1.83. The number of nitrogens with zero attached hydrogens (tertiary/aromatic N) is 8. The highest BCUT2D eigenvalue weighted by molar-refractivity contribution is 5.95. The lowest BCUT2D eigenvalue weighted by atomic mass is 9.98. The van der Waals surface area contributed by atoms with Gasteiger partial charge in [0.2, 0.25) is 5.82 Å². The van der Waals surface area contributed by atoms with Crippen LogP contribution in [0.5, 0.6) is 0 Å². The number of aryl methyl sites for hydroxylation is 1. The predicted molar refractivity (Wildman–Crippen MR) is 130 cm³/mol. The van der Waals surface area contributed by atoms with Gasteiger partial charge in [0.25, 0.3) is 5.91 Å². The number of benzene rings is 1. The number of rotatable bonds is 4. The number of nitrogens with one attached hydrogen (secondary N) is 1. The number of aromatic nitrogens is 7. The fourth-order valence-corrected chi connectivity index (χ4v) is 5.18. The van der Waals surface area contributed by atoms with E-state index in [1.807, 2.05) is 45.9 Å². The van der Waals surface area contributed by atoms with E-state index in [-0.39, 0.29) is 18.0 Å². The number of amides is 1. The third kappa shape index (κ3) is 4.01. The molecular formula is C24H28N10O. The summed E-state index contributed by atoms with van der Waals surface area (Å²) in [7, 11) is 0.